The van der Waals surface area contributed by atoms with Crippen molar-refractivity contribution >= 4 is 17.9 Å². The smallest absolute Gasteiger partial charge is 0.321 e. The Hall–Kier alpha value is -3.15. The second-order valence-corrected chi connectivity index (χ2v) is 14.3. The van der Waals surface area contributed by atoms with Crippen molar-refractivity contribution in [2.75, 3.05) is 0 Å². The predicted molar refractivity (Wildman–Crippen MR) is 191 cm³/mol. The maximum atomic E-state index is 12.6. The van der Waals surface area contributed by atoms with Crippen molar-refractivity contribution in [3.8, 4) is 0 Å². The zero-order chi connectivity index (χ0) is 34.5. The number of carboxylic acid groups (broad SMARTS) is 3. The molecule has 0 fully saturated rings. The van der Waals surface area contributed by atoms with Gasteiger partial charge in [-0.05, 0) is 35.8 Å². The molecular formula is C41H62O6. The van der Waals surface area contributed by atoms with E-state index in [-0.39, 0.29) is 18.8 Å². The van der Waals surface area contributed by atoms with Crippen LogP contribution in [0.25, 0.3) is 0 Å². The standard InChI is InChI=1S/C41H62O6/c1-4-5-6-7-8-9-12-15-24-31-41(38(44)45,39(46)47)32-25-16-13-10-11-14-23-30-35(37(42)43)40(2,3)36(33-26-19-17-20-27-33)34-28-21-18-22-29-34/h17-22,26-29,35-36H,4-16,23-25,30-32H2,1-3H3,(H,42,43)(H,44,45)(H,46,47). The van der Waals surface area contributed by atoms with E-state index in [1.807, 2.05) is 36.4 Å². The summed E-state index contributed by atoms with van der Waals surface area (Å²) >= 11 is 0. The fourth-order valence-electron chi connectivity index (χ4n) is 7.40. The van der Waals surface area contributed by atoms with Crippen LogP contribution in [-0.2, 0) is 14.4 Å². The average molecular weight is 651 g/mol. The first-order chi connectivity index (χ1) is 22.6. The van der Waals surface area contributed by atoms with Gasteiger partial charge in [-0.1, -0.05) is 184 Å². The summed E-state index contributed by atoms with van der Waals surface area (Å²) in [4.78, 5) is 36.8. The Morgan fingerprint density at radius 3 is 1.28 bits per heavy atom. The van der Waals surface area contributed by atoms with Crippen LogP contribution in [0.2, 0.25) is 0 Å². The quantitative estimate of drug-likeness (QED) is 0.0655. The molecule has 6 nitrogen and oxygen atoms in total. The van der Waals surface area contributed by atoms with E-state index < -0.39 is 34.7 Å². The Labute approximate surface area is 284 Å². The first kappa shape index (κ1) is 40.0. The van der Waals surface area contributed by atoms with Crippen LogP contribution in [0.15, 0.2) is 60.7 Å². The molecule has 0 saturated heterocycles. The van der Waals surface area contributed by atoms with Crippen molar-refractivity contribution in [2.24, 2.45) is 16.7 Å². The van der Waals surface area contributed by atoms with Gasteiger partial charge in [-0.25, -0.2) is 0 Å². The minimum absolute atomic E-state index is 0.0463. The second-order valence-electron chi connectivity index (χ2n) is 14.3. The number of carboxylic acids is 3. The highest BCUT2D eigenvalue weighted by Crippen LogP contribution is 2.47. The summed E-state index contributed by atoms with van der Waals surface area (Å²) in [6.07, 6.45) is 16.9. The van der Waals surface area contributed by atoms with Crippen LogP contribution in [0.3, 0.4) is 0 Å². The molecule has 2 aromatic rings. The highest BCUT2D eigenvalue weighted by atomic mass is 16.4. The highest BCUT2D eigenvalue weighted by Gasteiger charge is 2.45. The molecule has 1 unspecified atom stereocenters. The van der Waals surface area contributed by atoms with Crippen LogP contribution in [0.4, 0.5) is 0 Å². The predicted octanol–water partition coefficient (Wildman–Crippen LogP) is 11.1. The van der Waals surface area contributed by atoms with Gasteiger partial charge in [-0.2, -0.15) is 0 Å². The maximum Gasteiger partial charge on any atom is 0.321 e. The molecule has 1 atom stereocenters. The molecule has 3 N–H and O–H groups in total. The Kier molecular flexibility index (Phi) is 18.5. The lowest BCUT2D eigenvalue weighted by molar-refractivity contribution is -0.166. The molecule has 0 amide bonds. The minimum atomic E-state index is -1.68. The van der Waals surface area contributed by atoms with E-state index >= 15 is 0 Å². The molecule has 6 heteroatoms. The van der Waals surface area contributed by atoms with Crippen molar-refractivity contribution in [1.82, 2.24) is 0 Å². The molecule has 0 spiro atoms. The monoisotopic (exact) mass is 650 g/mol. The maximum absolute atomic E-state index is 12.6. The number of unbranched alkanes of at least 4 members (excludes halogenated alkanes) is 14. The van der Waals surface area contributed by atoms with Crippen LogP contribution in [0.5, 0.6) is 0 Å². The van der Waals surface area contributed by atoms with Gasteiger partial charge in [0.25, 0.3) is 0 Å². The number of rotatable bonds is 27. The Morgan fingerprint density at radius 1 is 0.553 bits per heavy atom. The summed E-state index contributed by atoms with van der Waals surface area (Å²) in [7, 11) is 0. The third kappa shape index (κ3) is 13.1. The van der Waals surface area contributed by atoms with Gasteiger partial charge in [-0.3, -0.25) is 14.4 Å². The van der Waals surface area contributed by atoms with Gasteiger partial charge < -0.3 is 15.3 Å². The summed E-state index contributed by atoms with van der Waals surface area (Å²) in [5.74, 6) is -3.71. The average Bonchev–Trinajstić information content (AvgIpc) is 3.04. The van der Waals surface area contributed by atoms with Crippen LogP contribution in [0, 0.1) is 16.7 Å². The highest BCUT2D eigenvalue weighted by molar-refractivity contribution is 5.98. The Morgan fingerprint density at radius 2 is 0.915 bits per heavy atom. The van der Waals surface area contributed by atoms with Crippen LogP contribution in [-0.4, -0.2) is 33.2 Å². The van der Waals surface area contributed by atoms with E-state index in [1.54, 1.807) is 0 Å². The lowest BCUT2D eigenvalue weighted by Gasteiger charge is -2.40. The molecule has 0 saturated carbocycles. The van der Waals surface area contributed by atoms with E-state index in [2.05, 4.69) is 45.0 Å². The van der Waals surface area contributed by atoms with Gasteiger partial charge in [0.05, 0.1) is 5.92 Å². The van der Waals surface area contributed by atoms with Crippen molar-refractivity contribution in [3.05, 3.63) is 71.8 Å². The van der Waals surface area contributed by atoms with Gasteiger partial charge in [-0.15, -0.1) is 0 Å². The van der Waals surface area contributed by atoms with Gasteiger partial charge in [0.2, 0.25) is 0 Å². The molecule has 262 valence electrons. The number of carbonyl (C=O) groups is 3. The van der Waals surface area contributed by atoms with Gasteiger partial charge in [0, 0.05) is 5.92 Å². The molecular weight excluding hydrogens is 588 g/mol. The summed E-state index contributed by atoms with van der Waals surface area (Å²) in [6, 6.07) is 20.4. The zero-order valence-corrected chi connectivity index (χ0v) is 29.4. The minimum Gasteiger partial charge on any atom is -0.481 e. The molecule has 2 aromatic carbocycles. The number of hydrogen-bond donors (Lipinski definition) is 3. The van der Waals surface area contributed by atoms with E-state index in [4.69, 9.17) is 0 Å². The summed E-state index contributed by atoms with van der Waals surface area (Å²) in [5, 5.41) is 30.1. The summed E-state index contributed by atoms with van der Waals surface area (Å²) in [6.45, 7) is 6.37. The van der Waals surface area contributed by atoms with E-state index in [0.717, 1.165) is 68.9 Å². The number of hydrogen-bond acceptors (Lipinski definition) is 3. The molecule has 47 heavy (non-hydrogen) atoms. The molecule has 0 aromatic heterocycles. The van der Waals surface area contributed by atoms with Crippen molar-refractivity contribution < 1.29 is 29.7 Å². The first-order valence-corrected chi connectivity index (χ1v) is 18.4. The van der Waals surface area contributed by atoms with Gasteiger partial charge >= 0.3 is 17.9 Å². The lowest BCUT2D eigenvalue weighted by Crippen LogP contribution is -2.39. The summed E-state index contributed by atoms with van der Waals surface area (Å²) in [5.41, 5.74) is 0.0524. The number of benzene rings is 2. The van der Waals surface area contributed by atoms with Crippen molar-refractivity contribution in [1.29, 1.82) is 0 Å². The largest absolute Gasteiger partial charge is 0.481 e. The third-order valence-electron chi connectivity index (χ3n) is 10.3. The van der Waals surface area contributed by atoms with E-state index in [1.165, 1.54) is 32.1 Å². The van der Waals surface area contributed by atoms with Crippen molar-refractivity contribution in [3.63, 3.8) is 0 Å². The summed E-state index contributed by atoms with van der Waals surface area (Å²) < 4.78 is 0. The molecule has 0 aliphatic rings. The zero-order valence-electron chi connectivity index (χ0n) is 29.4. The molecule has 0 heterocycles. The molecule has 0 radical (unpaired) electrons. The third-order valence-corrected chi connectivity index (χ3v) is 10.3. The van der Waals surface area contributed by atoms with Crippen LogP contribution < -0.4 is 0 Å². The second kappa shape index (κ2) is 21.7. The van der Waals surface area contributed by atoms with Gasteiger partial charge in [0.1, 0.15) is 0 Å². The van der Waals surface area contributed by atoms with Gasteiger partial charge in [0.15, 0.2) is 5.41 Å². The first-order valence-electron chi connectivity index (χ1n) is 18.4. The van der Waals surface area contributed by atoms with E-state index in [0.29, 0.717) is 19.3 Å². The van der Waals surface area contributed by atoms with Crippen LogP contribution >= 0.6 is 0 Å². The molecule has 0 aliphatic carbocycles. The molecule has 0 bridgehead atoms. The Bertz CT molecular complexity index is 1110. The SMILES string of the molecule is CCCCCCCCCCCC(CCCCCCCCCC(C(=O)O)C(C)(C)C(c1ccccc1)c1ccccc1)(C(=O)O)C(=O)O. The molecule has 0 aliphatic heterocycles. The topological polar surface area (TPSA) is 112 Å². The van der Waals surface area contributed by atoms with Crippen molar-refractivity contribution in [2.45, 2.75) is 149 Å². The Balaban J connectivity index is 1.78. The molecule has 2 rings (SSSR count). The lowest BCUT2D eigenvalue weighted by atomic mass is 9.63. The fourth-order valence-corrected chi connectivity index (χ4v) is 7.40. The number of aliphatic carboxylic acids is 3. The van der Waals surface area contributed by atoms with E-state index in [9.17, 15) is 29.7 Å². The fraction of sp³-hybridized carbons (Fsp3) is 0.634. The van der Waals surface area contributed by atoms with Crippen LogP contribution in [0.1, 0.15) is 160 Å². The normalized spacial score (nSPS) is 12.7.